The molecule has 33 heavy (non-hydrogen) atoms. The second kappa shape index (κ2) is 11.6. The van der Waals surface area contributed by atoms with Crippen LogP contribution < -0.4 is 4.74 Å². The van der Waals surface area contributed by atoms with Crippen LogP contribution in [0.1, 0.15) is 31.4 Å². The number of halogens is 3. The minimum Gasteiger partial charge on any atom is -0.487 e. The van der Waals surface area contributed by atoms with Gasteiger partial charge < -0.3 is 9.47 Å². The number of amides is 2. The number of hydrogen-bond acceptors (Lipinski definition) is 6. The highest BCUT2D eigenvalue weighted by molar-refractivity contribution is 9.11. The molecule has 0 N–H and O–H groups in total. The van der Waals surface area contributed by atoms with Gasteiger partial charge in [0.1, 0.15) is 18.9 Å². The summed E-state index contributed by atoms with van der Waals surface area (Å²) in [6.07, 6.45) is 1.98. The molecule has 1 aliphatic rings. The highest BCUT2D eigenvalue weighted by Crippen LogP contribution is 2.38. The molecular formula is C23H20Br2ClNO5S. The lowest BCUT2D eigenvalue weighted by Gasteiger charge is -2.15. The molecule has 2 amide bonds. The molecule has 1 heterocycles. The van der Waals surface area contributed by atoms with Crippen LogP contribution in [-0.2, 0) is 20.9 Å². The van der Waals surface area contributed by atoms with Gasteiger partial charge in [0.15, 0.2) is 0 Å². The normalized spacial score (nSPS) is 15.8. The summed E-state index contributed by atoms with van der Waals surface area (Å²) < 4.78 is 12.4. The van der Waals surface area contributed by atoms with Gasteiger partial charge in [0.25, 0.3) is 11.1 Å². The van der Waals surface area contributed by atoms with Gasteiger partial charge in [-0.05, 0) is 98.4 Å². The maximum atomic E-state index is 12.7. The van der Waals surface area contributed by atoms with Crippen molar-refractivity contribution in [2.45, 2.75) is 33.0 Å². The molecule has 3 rings (SSSR count). The Kier molecular flexibility index (Phi) is 9.03. The average Bonchev–Trinajstić information content (AvgIpc) is 3.01. The number of esters is 1. The van der Waals surface area contributed by atoms with Gasteiger partial charge in [-0.15, -0.1) is 0 Å². The standard InChI is InChI=1S/C23H20Br2ClNO5S/c1-3-13(2)32-20(28)11-27-22(29)19(33-23(27)30)10-15-8-17(24)21(18(25)9-15)31-12-14-4-6-16(26)7-5-14/h4-10,13H,3,11-12H2,1-2H3/b19-10+/t13-/m0/s1. The summed E-state index contributed by atoms with van der Waals surface area (Å²) in [5, 5.41) is 0.149. The quantitative estimate of drug-likeness (QED) is 0.239. The Morgan fingerprint density at radius 2 is 1.82 bits per heavy atom. The zero-order valence-corrected chi connectivity index (χ0v) is 22.5. The molecule has 0 aromatic heterocycles. The number of carbonyl (C=O) groups excluding carboxylic acids is 3. The number of benzene rings is 2. The molecule has 10 heteroatoms. The van der Waals surface area contributed by atoms with Gasteiger partial charge in [-0.2, -0.15) is 0 Å². The van der Waals surface area contributed by atoms with E-state index in [1.807, 2.05) is 19.1 Å². The van der Waals surface area contributed by atoms with Crippen molar-refractivity contribution in [3.63, 3.8) is 0 Å². The van der Waals surface area contributed by atoms with Crippen LogP contribution in [0.5, 0.6) is 5.75 Å². The predicted molar refractivity (Wildman–Crippen MR) is 136 cm³/mol. The van der Waals surface area contributed by atoms with Crippen molar-refractivity contribution in [2.75, 3.05) is 6.54 Å². The third kappa shape index (κ3) is 6.85. The van der Waals surface area contributed by atoms with Crippen molar-refractivity contribution >= 4 is 78.4 Å². The first-order valence-corrected chi connectivity index (χ1v) is 12.8. The highest BCUT2D eigenvalue weighted by Gasteiger charge is 2.37. The number of nitrogens with zero attached hydrogens (tertiary/aromatic N) is 1. The lowest BCUT2D eigenvalue weighted by atomic mass is 10.2. The fourth-order valence-corrected chi connectivity index (χ4v) is 5.21. The van der Waals surface area contributed by atoms with Crippen LogP contribution in [-0.4, -0.2) is 34.7 Å². The Bertz CT molecular complexity index is 1080. The van der Waals surface area contributed by atoms with Gasteiger partial charge in [0.2, 0.25) is 0 Å². The van der Waals surface area contributed by atoms with Crippen molar-refractivity contribution in [3.05, 3.63) is 66.4 Å². The summed E-state index contributed by atoms with van der Waals surface area (Å²) in [7, 11) is 0. The highest BCUT2D eigenvalue weighted by atomic mass is 79.9. The van der Waals surface area contributed by atoms with Crippen molar-refractivity contribution in [1.29, 1.82) is 0 Å². The van der Waals surface area contributed by atoms with E-state index in [9.17, 15) is 14.4 Å². The molecule has 0 unspecified atom stereocenters. The summed E-state index contributed by atoms with van der Waals surface area (Å²) in [5.74, 6) is -0.537. The zero-order valence-electron chi connectivity index (χ0n) is 17.8. The van der Waals surface area contributed by atoms with Gasteiger partial charge in [0.05, 0.1) is 20.0 Å². The molecule has 1 fully saturated rings. The second-order valence-electron chi connectivity index (χ2n) is 7.21. The first kappa shape index (κ1) is 25.8. The maximum Gasteiger partial charge on any atom is 0.326 e. The number of hydrogen-bond donors (Lipinski definition) is 0. The van der Waals surface area contributed by atoms with Crippen molar-refractivity contribution in [1.82, 2.24) is 4.90 Å². The summed E-state index contributed by atoms with van der Waals surface area (Å²) in [6.45, 7) is 3.58. The molecule has 1 aliphatic heterocycles. The Morgan fingerprint density at radius 3 is 2.42 bits per heavy atom. The molecule has 0 aliphatic carbocycles. The van der Waals surface area contributed by atoms with E-state index in [2.05, 4.69) is 31.9 Å². The number of thioether (sulfide) groups is 1. The lowest BCUT2D eigenvalue weighted by Crippen LogP contribution is -2.35. The predicted octanol–water partition coefficient (Wildman–Crippen LogP) is 6.82. The molecule has 1 saturated heterocycles. The maximum absolute atomic E-state index is 12.7. The summed E-state index contributed by atoms with van der Waals surface area (Å²) >= 11 is 13.7. The zero-order chi connectivity index (χ0) is 24.1. The van der Waals surface area contributed by atoms with Crippen LogP contribution in [0.4, 0.5) is 4.79 Å². The minimum absolute atomic E-state index is 0.227. The Balaban J connectivity index is 1.71. The average molecular weight is 618 g/mol. The SMILES string of the molecule is CC[C@H](C)OC(=O)CN1C(=O)S/C(=C/c2cc(Br)c(OCc3ccc(Cl)cc3)c(Br)c2)C1=O. The molecule has 0 saturated carbocycles. The van der Waals surface area contributed by atoms with E-state index in [0.29, 0.717) is 38.3 Å². The Morgan fingerprint density at radius 1 is 1.18 bits per heavy atom. The Hall–Kier alpha value is -1.81. The van der Waals surface area contributed by atoms with E-state index in [4.69, 9.17) is 21.1 Å². The van der Waals surface area contributed by atoms with E-state index in [1.165, 1.54) is 0 Å². The third-order valence-corrected chi connectivity index (χ3v) is 7.02. The number of carbonyl (C=O) groups is 3. The van der Waals surface area contributed by atoms with Crippen molar-refractivity contribution in [2.24, 2.45) is 0 Å². The van der Waals surface area contributed by atoms with Gasteiger partial charge >= 0.3 is 5.97 Å². The van der Waals surface area contributed by atoms with E-state index < -0.39 is 23.7 Å². The smallest absolute Gasteiger partial charge is 0.326 e. The minimum atomic E-state index is -0.611. The van der Waals surface area contributed by atoms with Gasteiger partial charge in [-0.25, -0.2) is 0 Å². The van der Waals surface area contributed by atoms with E-state index in [0.717, 1.165) is 22.2 Å². The Labute approximate surface area is 217 Å². The van der Waals surface area contributed by atoms with Crippen LogP contribution in [0.2, 0.25) is 5.02 Å². The second-order valence-corrected chi connectivity index (χ2v) is 10.3. The van der Waals surface area contributed by atoms with Crippen LogP contribution >= 0.6 is 55.2 Å². The third-order valence-electron chi connectivity index (χ3n) is 4.68. The van der Waals surface area contributed by atoms with E-state index in [1.54, 1.807) is 37.3 Å². The molecule has 6 nitrogen and oxygen atoms in total. The molecule has 0 radical (unpaired) electrons. The topological polar surface area (TPSA) is 72.9 Å². The van der Waals surface area contributed by atoms with E-state index in [-0.39, 0.29) is 11.0 Å². The molecular weight excluding hydrogens is 598 g/mol. The number of rotatable bonds is 8. The van der Waals surface area contributed by atoms with Crippen LogP contribution in [0, 0.1) is 0 Å². The molecule has 2 aromatic rings. The fourth-order valence-electron chi connectivity index (χ4n) is 2.80. The molecule has 2 aromatic carbocycles. The summed E-state index contributed by atoms with van der Waals surface area (Å²) in [5.41, 5.74) is 1.64. The van der Waals surface area contributed by atoms with Gasteiger partial charge in [0, 0.05) is 5.02 Å². The van der Waals surface area contributed by atoms with Gasteiger partial charge in [-0.1, -0.05) is 30.7 Å². The summed E-state index contributed by atoms with van der Waals surface area (Å²) in [4.78, 5) is 38.1. The fraction of sp³-hybridized carbons (Fsp3) is 0.261. The molecule has 1 atom stereocenters. The first-order valence-electron chi connectivity index (χ1n) is 9.99. The monoisotopic (exact) mass is 615 g/mol. The molecule has 174 valence electrons. The number of imide groups is 1. The van der Waals surface area contributed by atoms with E-state index >= 15 is 0 Å². The van der Waals surface area contributed by atoms with Crippen LogP contribution in [0.25, 0.3) is 6.08 Å². The first-order chi connectivity index (χ1) is 15.7. The number of ether oxygens (including phenoxy) is 2. The molecule has 0 spiro atoms. The van der Waals surface area contributed by atoms with Crippen LogP contribution in [0.3, 0.4) is 0 Å². The lowest BCUT2D eigenvalue weighted by molar-refractivity contribution is -0.150. The van der Waals surface area contributed by atoms with Crippen LogP contribution in [0.15, 0.2) is 50.2 Å². The largest absolute Gasteiger partial charge is 0.487 e. The molecule has 0 bridgehead atoms. The van der Waals surface area contributed by atoms with Crippen molar-refractivity contribution in [3.8, 4) is 5.75 Å². The van der Waals surface area contributed by atoms with Crippen molar-refractivity contribution < 1.29 is 23.9 Å². The van der Waals surface area contributed by atoms with Gasteiger partial charge in [-0.3, -0.25) is 19.3 Å². The summed E-state index contributed by atoms with van der Waals surface area (Å²) in [6, 6.07) is 10.9.